The number of carboxylic acids is 1. The van der Waals surface area contributed by atoms with Gasteiger partial charge in [-0.05, 0) is 35.1 Å². The zero-order valence-electron chi connectivity index (χ0n) is 18.5. The van der Waals surface area contributed by atoms with Gasteiger partial charge in [-0.3, -0.25) is 9.59 Å². The van der Waals surface area contributed by atoms with E-state index in [-0.39, 0.29) is 24.5 Å². The first-order chi connectivity index (χ1) is 16.0. The number of carboxylic acid groups (broad SMARTS) is 1. The maximum atomic E-state index is 12.7. The molecule has 2 amide bonds. The number of hydrogen-bond donors (Lipinski definition) is 3. The minimum atomic E-state index is -0.912. The lowest BCUT2D eigenvalue weighted by atomic mass is 9.98. The van der Waals surface area contributed by atoms with Crippen LogP contribution in [0.4, 0.5) is 4.79 Å². The van der Waals surface area contributed by atoms with Gasteiger partial charge in [-0.25, -0.2) is 4.79 Å². The molecule has 2 aliphatic carbocycles. The van der Waals surface area contributed by atoms with Crippen molar-refractivity contribution in [3.05, 3.63) is 71.8 Å². The molecule has 7 heteroatoms. The summed E-state index contributed by atoms with van der Waals surface area (Å²) >= 11 is 0. The van der Waals surface area contributed by atoms with Crippen LogP contribution < -0.4 is 10.6 Å². The predicted molar refractivity (Wildman–Crippen MR) is 124 cm³/mol. The summed E-state index contributed by atoms with van der Waals surface area (Å²) in [6.45, 7) is 2.10. The first-order valence-corrected chi connectivity index (χ1v) is 11.3. The summed E-state index contributed by atoms with van der Waals surface area (Å²) in [4.78, 5) is 36.4. The molecule has 2 aliphatic rings. The van der Waals surface area contributed by atoms with Crippen molar-refractivity contribution in [1.29, 1.82) is 0 Å². The standard InChI is InChI=1S/C26H28N2O5/c1-2-7-23(24(29)27-17-13-12-16(14-17)25(30)31)28-26(32)33-15-22-20-10-5-3-8-18(20)19-9-4-6-11-21(19)22/h3-6,8-13,16-17,22-23H,2,7,14-15H2,1H3,(H,27,29)(H,28,32)(H,30,31). The van der Waals surface area contributed by atoms with Gasteiger partial charge in [0, 0.05) is 12.0 Å². The van der Waals surface area contributed by atoms with Crippen LogP contribution >= 0.6 is 0 Å². The van der Waals surface area contributed by atoms with Crippen LogP contribution in [0.3, 0.4) is 0 Å². The largest absolute Gasteiger partial charge is 0.481 e. The number of alkyl carbamates (subject to hydrolysis) is 1. The van der Waals surface area contributed by atoms with Gasteiger partial charge in [0.15, 0.2) is 0 Å². The van der Waals surface area contributed by atoms with E-state index in [1.54, 1.807) is 12.2 Å². The van der Waals surface area contributed by atoms with E-state index in [1.807, 2.05) is 43.3 Å². The van der Waals surface area contributed by atoms with Crippen molar-refractivity contribution in [1.82, 2.24) is 10.6 Å². The van der Waals surface area contributed by atoms with E-state index < -0.39 is 24.0 Å². The first-order valence-electron chi connectivity index (χ1n) is 11.3. The maximum Gasteiger partial charge on any atom is 0.407 e. The van der Waals surface area contributed by atoms with Crippen molar-refractivity contribution in [2.75, 3.05) is 6.61 Å². The van der Waals surface area contributed by atoms with Gasteiger partial charge in [-0.1, -0.05) is 74.0 Å². The molecule has 7 nitrogen and oxygen atoms in total. The lowest BCUT2D eigenvalue weighted by Crippen LogP contribution is -2.49. The maximum absolute atomic E-state index is 12.7. The summed E-state index contributed by atoms with van der Waals surface area (Å²) in [7, 11) is 0. The van der Waals surface area contributed by atoms with Gasteiger partial charge >= 0.3 is 12.1 Å². The molecule has 0 saturated heterocycles. The number of amides is 2. The molecule has 33 heavy (non-hydrogen) atoms. The highest BCUT2D eigenvalue weighted by molar-refractivity contribution is 5.86. The Bertz CT molecular complexity index is 1030. The molecular weight excluding hydrogens is 420 g/mol. The molecule has 0 spiro atoms. The third-order valence-electron chi connectivity index (χ3n) is 6.26. The van der Waals surface area contributed by atoms with E-state index in [0.29, 0.717) is 19.3 Å². The molecule has 4 rings (SSSR count). The van der Waals surface area contributed by atoms with Gasteiger partial charge in [0.2, 0.25) is 5.91 Å². The van der Waals surface area contributed by atoms with Crippen LogP contribution in [0.1, 0.15) is 43.2 Å². The summed E-state index contributed by atoms with van der Waals surface area (Å²) in [5, 5.41) is 14.6. The second-order valence-corrected chi connectivity index (χ2v) is 8.49. The highest BCUT2D eigenvalue weighted by Crippen LogP contribution is 2.44. The molecule has 172 valence electrons. The number of fused-ring (bicyclic) bond motifs is 3. The quantitative estimate of drug-likeness (QED) is 0.532. The Kier molecular flexibility index (Phi) is 6.77. The fraction of sp³-hybridized carbons (Fsp3) is 0.346. The van der Waals surface area contributed by atoms with Crippen molar-refractivity contribution in [2.45, 2.75) is 44.2 Å². The number of carbonyl (C=O) groups excluding carboxylic acids is 2. The summed E-state index contributed by atoms with van der Waals surface area (Å²) in [5.41, 5.74) is 4.54. The minimum absolute atomic E-state index is 0.0572. The van der Waals surface area contributed by atoms with E-state index in [1.165, 1.54) is 0 Å². The van der Waals surface area contributed by atoms with Crippen LogP contribution in [0.15, 0.2) is 60.7 Å². The Morgan fingerprint density at radius 2 is 1.67 bits per heavy atom. The second-order valence-electron chi connectivity index (χ2n) is 8.49. The van der Waals surface area contributed by atoms with E-state index in [9.17, 15) is 14.4 Å². The third-order valence-corrected chi connectivity index (χ3v) is 6.26. The number of rotatable bonds is 8. The summed E-state index contributed by atoms with van der Waals surface area (Å²) in [5.74, 6) is -1.91. The van der Waals surface area contributed by atoms with Crippen molar-refractivity contribution >= 4 is 18.0 Å². The van der Waals surface area contributed by atoms with E-state index in [4.69, 9.17) is 9.84 Å². The number of aliphatic carboxylic acids is 1. The van der Waals surface area contributed by atoms with Gasteiger partial charge in [0.1, 0.15) is 12.6 Å². The number of nitrogens with one attached hydrogen (secondary N) is 2. The highest BCUT2D eigenvalue weighted by atomic mass is 16.5. The number of hydrogen-bond acceptors (Lipinski definition) is 4. The molecule has 3 atom stereocenters. The van der Waals surface area contributed by atoms with Crippen LogP contribution in [0.5, 0.6) is 0 Å². The lowest BCUT2D eigenvalue weighted by molar-refractivity contribution is -0.140. The van der Waals surface area contributed by atoms with Gasteiger partial charge in [0.25, 0.3) is 0 Å². The number of benzene rings is 2. The van der Waals surface area contributed by atoms with E-state index in [2.05, 4.69) is 22.8 Å². The van der Waals surface area contributed by atoms with Crippen molar-refractivity contribution in [3.63, 3.8) is 0 Å². The summed E-state index contributed by atoms with van der Waals surface area (Å²) in [6.07, 6.45) is 4.09. The Labute approximate surface area is 192 Å². The topological polar surface area (TPSA) is 105 Å². The van der Waals surface area contributed by atoms with Crippen LogP contribution in [-0.2, 0) is 14.3 Å². The normalized spacial score (nSPS) is 19.4. The SMILES string of the molecule is CCCC(NC(=O)OCC1c2ccccc2-c2ccccc21)C(=O)NC1C=CC(C(=O)O)C1. The van der Waals surface area contributed by atoms with E-state index in [0.717, 1.165) is 22.3 Å². The predicted octanol–water partition coefficient (Wildman–Crippen LogP) is 3.84. The monoisotopic (exact) mass is 448 g/mol. The molecule has 3 unspecified atom stereocenters. The molecule has 2 aromatic rings. The molecule has 0 saturated carbocycles. The molecular formula is C26H28N2O5. The summed E-state index contributed by atoms with van der Waals surface area (Å²) < 4.78 is 5.56. The second kappa shape index (κ2) is 9.90. The summed E-state index contributed by atoms with van der Waals surface area (Å²) in [6, 6.07) is 15.1. The molecule has 3 N–H and O–H groups in total. The van der Waals surface area contributed by atoms with Gasteiger partial charge in [-0.15, -0.1) is 0 Å². The zero-order valence-corrected chi connectivity index (χ0v) is 18.5. The van der Waals surface area contributed by atoms with Gasteiger partial charge in [0.05, 0.1) is 5.92 Å². The van der Waals surface area contributed by atoms with Crippen molar-refractivity contribution < 1.29 is 24.2 Å². The average molecular weight is 449 g/mol. The van der Waals surface area contributed by atoms with E-state index >= 15 is 0 Å². The van der Waals surface area contributed by atoms with Gasteiger partial charge in [-0.2, -0.15) is 0 Å². The molecule has 0 aliphatic heterocycles. The number of ether oxygens (including phenoxy) is 1. The third kappa shape index (κ3) is 4.92. The molecule has 0 fully saturated rings. The highest BCUT2D eigenvalue weighted by Gasteiger charge is 2.31. The zero-order chi connectivity index (χ0) is 23.4. The smallest absolute Gasteiger partial charge is 0.407 e. The molecule has 0 aromatic heterocycles. The lowest BCUT2D eigenvalue weighted by Gasteiger charge is -2.21. The molecule has 0 radical (unpaired) electrons. The number of carbonyl (C=O) groups is 3. The molecule has 2 aromatic carbocycles. The van der Waals surface area contributed by atoms with Crippen LogP contribution in [0.25, 0.3) is 11.1 Å². The fourth-order valence-electron chi connectivity index (χ4n) is 4.61. The van der Waals surface area contributed by atoms with Crippen molar-refractivity contribution in [3.8, 4) is 11.1 Å². The Balaban J connectivity index is 1.36. The average Bonchev–Trinajstić information content (AvgIpc) is 3.40. The first kappa shape index (κ1) is 22.6. The van der Waals surface area contributed by atoms with Crippen LogP contribution in [0, 0.1) is 5.92 Å². The van der Waals surface area contributed by atoms with Gasteiger partial charge < -0.3 is 20.5 Å². The van der Waals surface area contributed by atoms with Crippen LogP contribution in [-0.4, -0.2) is 41.8 Å². The van der Waals surface area contributed by atoms with Crippen LogP contribution in [0.2, 0.25) is 0 Å². The Morgan fingerprint density at radius 3 is 2.24 bits per heavy atom. The Hall–Kier alpha value is -3.61. The minimum Gasteiger partial charge on any atom is -0.481 e. The van der Waals surface area contributed by atoms with Crippen molar-refractivity contribution in [2.24, 2.45) is 5.92 Å². The Morgan fingerprint density at radius 1 is 1.03 bits per heavy atom. The fourth-order valence-corrected chi connectivity index (χ4v) is 4.61. The molecule has 0 heterocycles. The molecule has 0 bridgehead atoms.